The number of hydrogen-bond donors (Lipinski definition) is 1. The lowest BCUT2D eigenvalue weighted by molar-refractivity contribution is 0.103. The minimum atomic E-state index is -0.102. The quantitative estimate of drug-likeness (QED) is 0.676. The van der Waals surface area contributed by atoms with Crippen LogP contribution in [0.25, 0.3) is 11.0 Å². The molecular formula is C14H9N2O. The lowest BCUT2D eigenvalue weighted by Crippen LogP contribution is -2.02. The summed E-state index contributed by atoms with van der Waals surface area (Å²) in [5, 5.41) is 0. The van der Waals surface area contributed by atoms with E-state index in [0.29, 0.717) is 11.4 Å². The van der Waals surface area contributed by atoms with Gasteiger partial charge in [0, 0.05) is 5.56 Å². The second kappa shape index (κ2) is 3.87. The summed E-state index contributed by atoms with van der Waals surface area (Å²) < 4.78 is 0. The smallest absolute Gasteiger partial charge is 0.228 e. The molecule has 0 aliphatic heterocycles. The number of ketones is 1. The molecule has 0 unspecified atom stereocenters. The van der Waals surface area contributed by atoms with Gasteiger partial charge in [-0.2, -0.15) is 0 Å². The van der Waals surface area contributed by atoms with Crippen LogP contribution in [0, 0.1) is 6.07 Å². The lowest BCUT2D eigenvalue weighted by Gasteiger charge is -1.95. The van der Waals surface area contributed by atoms with Gasteiger partial charge in [0.1, 0.15) is 0 Å². The Morgan fingerprint density at radius 2 is 1.88 bits per heavy atom. The molecule has 0 saturated carbocycles. The normalized spacial score (nSPS) is 10.6. The molecule has 0 atom stereocenters. The number of fused-ring (bicyclic) bond motifs is 1. The molecular weight excluding hydrogens is 212 g/mol. The van der Waals surface area contributed by atoms with E-state index in [1.165, 1.54) is 0 Å². The topological polar surface area (TPSA) is 45.8 Å². The van der Waals surface area contributed by atoms with Crippen LogP contribution in [0.4, 0.5) is 0 Å². The second-order valence-electron chi connectivity index (χ2n) is 3.72. The fourth-order valence-electron chi connectivity index (χ4n) is 1.74. The highest BCUT2D eigenvalue weighted by Gasteiger charge is 2.12. The van der Waals surface area contributed by atoms with E-state index in [1.54, 1.807) is 24.3 Å². The van der Waals surface area contributed by atoms with Gasteiger partial charge in [-0.25, -0.2) is 4.98 Å². The molecule has 0 aliphatic rings. The number of nitrogens with one attached hydrogen (secondary N) is 1. The van der Waals surface area contributed by atoms with Crippen molar-refractivity contribution in [2.75, 3.05) is 0 Å². The molecule has 1 radical (unpaired) electrons. The van der Waals surface area contributed by atoms with Crippen molar-refractivity contribution < 1.29 is 4.79 Å². The van der Waals surface area contributed by atoms with Crippen molar-refractivity contribution in [1.29, 1.82) is 0 Å². The van der Waals surface area contributed by atoms with Crippen LogP contribution in [0.1, 0.15) is 16.2 Å². The number of carbonyl (C=O) groups is 1. The van der Waals surface area contributed by atoms with Gasteiger partial charge in [0.15, 0.2) is 5.82 Å². The molecule has 17 heavy (non-hydrogen) atoms. The highest BCUT2D eigenvalue weighted by molar-refractivity contribution is 6.07. The largest absolute Gasteiger partial charge is 0.335 e. The molecule has 1 N–H and O–H groups in total. The zero-order valence-corrected chi connectivity index (χ0v) is 8.97. The molecule has 0 bridgehead atoms. The second-order valence-corrected chi connectivity index (χ2v) is 3.72. The predicted octanol–water partition coefficient (Wildman–Crippen LogP) is 2.59. The van der Waals surface area contributed by atoms with Crippen molar-refractivity contribution in [1.82, 2.24) is 9.97 Å². The third-order valence-corrected chi connectivity index (χ3v) is 2.58. The molecule has 1 heterocycles. The number of carbonyl (C=O) groups excluding carboxylic acids is 1. The molecule has 3 heteroatoms. The fourth-order valence-corrected chi connectivity index (χ4v) is 1.74. The number of H-pyrrole nitrogens is 1. The Morgan fingerprint density at radius 3 is 2.65 bits per heavy atom. The number of nitrogens with zero attached hydrogens (tertiary/aromatic N) is 1. The number of para-hydroxylation sites is 2. The van der Waals surface area contributed by atoms with Crippen LogP contribution in [-0.4, -0.2) is 15.8 Å². The Labute approximate surface area is 98.1 Å². The first-order valence-electron chi connectivity index (χ1n) is 5.30. The van der Waals surface area contributed by atoms with Gasteiger partial charge in [-0.05, 0) is 18.2 Å². The third kappa shape index (κ3) is 1.72. The Bertz CT molecular complexity index is 638. The Kier molecular flexibility index (Phi) is 2.22. The number of aromatic nitrogens is 2. The van der Waals surface area contributed by atoms with Crippen molar-refractivity contribution in [3.05, 3.63) is 66.0 Å². The first-order chi connectivity index (χ1) is 8.34. The fraction of sp³-hybridized carbons (Fsp3) is 0. The molecule has 0 aliphatic carbocycles. The van der Waals surface area contributed by atoms with E-state index >= 15 is 0 Å². The van der Waals surface area contributed by atoms with E-state index in [1.807, 2.05) is 24.3 Å². The molecule has 2 aromatic carbocycles. The first kappa shape index (κ1) is 9.78. The average molecular weight is 221 g/mol. The highest BCUT2D eigenvalue weighted by Crippen LogP contribution is 2.13. The summed E-state index contributed by atoms with van der Waals surface area (Å²) in [5.74, 6) is 0.271. The van der Waals surface area contributed by atoms with Crippen LogP contribution in [0.15, 0.2) is 48.5 Å². The Hall–Kier alpha value is -2.42. The van der Waals surface area contributed by atoms with Crippen molar-refractivity contribution in [3.63, 3.8) is 0 Å². The number of benzene rings is 2. The molecule has 81 valence electrons. The molecule has 3 nitrogen and oxygen atoms in total. The van der Waals surface area contributed by atoms with Crippen LogP contribution < -0.4 is 0 Å². The minimum Gasteiger partial charge on any atom is -0.335 e. The minimum absolute atomic E-state index is 0.102. The monoisotopic (exact) mass is 221 g/mol. The summed E-state index contributed by atoms with van der Waals surface area (Å²) >= 11 is 0. The van der Waals surface area contributed by atoms with Crippen LogP contribution in [0.5, 0.6) is 0 Å². The van der Waals surface area contributed by atoms with Gasteiger partial charge in [-0.15, -0.1) is 0 Å². The maximum atomic E-state index is 12.1. The van der Waals surface area contributed by atoms with Crippen molar-refractivity contribution in [2.24, 2.45) is 0 Å². The summed E-state index contributed by atoms with van der Waals surface area (Å²) in [6, 6.07) is 17.4. The zero-order valence-electron chi connectivity index (χ0n) is 8.97. The van der Waals surface area contributed by atoms with Gasteiger partial charge in [0.05, 0.1) is 11.0 Å². The number of hydrogen-bond acceptors (Lipinski definition) is 2. The molecule has 3 aromatic rings. The number of rotatable bonds is 2. The molecule has 3 rings (SSSR count). The SMILES string of the molecule is O=C(c1cc[c]cc1)c1nc2ccccc2[nH]1. The predicted molar refractivity (Wildman–Crippen MR) is 64.8 cm³/mol. The summed E-state index contributed by atoms with van der Waals surface area (Å²) in [6.07, 6.45) is 0. The lowest BCUT2D eigenvalue weighted by atomic mass is 10.1. The van der Waals surface area contributed by atoms with E-state index in [0.717, 1.165) is 11.0 Å². The molecule has 0 amide bonds. The van der Waals surface area contributed by atoms with Crippen molar-refractivity contribution in [2.45, 2.75) is 0 Å². The van der Waals surface area contributed by atoms with Crippen molar-refractivity contribution >= 4 is 16.8 Å². The van der Waals surface area contributed by atoms with E-state index in [2.05, 4.69) is 16.0 Å². The average Bonchev–Trinajstić information content (AvgIpc) is 2.82. The van der Waals surface area contributed by atoms with Gasteiger partial charge >= 0.3 is 0 Å². The highest BCUT2D eigenvalue weighted by atomic mass is 16.1. The van der Waals surface area contributed by atoms with E-state index in [-0.39, 0.29) is 5.78 Å². The Balaban J connectivity index is 2.07. The first-order valence-corrected chi connectivity index (χ1v) is 5.30. The van der Waals surface area contributed by atoms with Gasteiger partial charge in [-0.1, -0.05) is 36.4 Å². The van der Waals surface area contributed by atoms with Gasteiger partial charge < -0.3 is 4.98 Å². The maximum Gasteiger partial charge on any atom is 0.228 e. The van der Waals surface area contributed by atoms with Gasteiger partial charge in [0.25, 0.3) is 0 Å². The van der Waals surface area contributed by atoms with Gasteiger partial charge in [0.2, 0.25) is 5.78 Å². The zero-order chi connectivity index (χ0) is 11.7. The summed E-state index contributed by atoms with van der Waals surface area (Å²) in [7, 11) is 0. The van der Waals surface area contributed by atoms with E-state index in [4.69, 9.17) is 0 Å². The number of aromatic amines is 1. The number of imidazole rings is 1. The van der Waals surface area contributed by atoms with Crippen LogP contribution in [-0.2, 0) is 0 Å². The summed E-state index contributed by atoms with van der Waals surface area (Å²) in [5.41, 5.74) is 2.29. The van der Waals surface area contributed by atoms with E-state index in [9.17, 15) is 4.79 Å². The van der Waals surface area contributed by atoms with Gasteiger partial charge in [-0.3, -0.25) is 4.79 Å². The van der Waals surface area contributed by atoms with E-state index < -0.39 is 0 Å². The summed E-state index contributed by atoms with van der Waals surface area (Å²) in [6.45, 7) is 0. The third-order valence-electron chi connectivity index (χ3n) is 2.58. The van der Waals surface area contributed by atoms with Crippen LogP contribution in [0.2, 0.25) is 0 Å². The molecule has 0 spiro atoms. The molecule has 0 saturated heterocycles. The standard InChI is InChI=1S/C14H9N2O/c17-13(10-6-2-1-3-7-10)14-15-11-8-4-5-9-12(11)16-14/h2-9H,(H,15,16). The summed E-state index contributed by atoms with van der Waals surface area (Å²) in [4.78, 5) is 19.4. The maximum absolute atomic E-state index is 12.1. The molecule has 0 fully saturated rings. The van der Waals surface area contributed by atoms with Crippen LogP contribution >= 0.6 is 0 Å². The van der Waals surface area contributed by atoms with Crippen molar-refractivity contribution in [3.8, 4) is 0 Å². The molecule has 1 aromatic heterocycles. The van der Waals surface area contributed by atoms with Crippen LogP contribution in [0.3, 0.4) is 0 Å². The Morgan fingerprint density at radius 1 is 1.12 bits per heavy atom.